The van der Waals surface area contributed by atoms with Crippen LogP contribution in [-0.2, 0) is 19.5 Å². The van der Waals surface area contributed by atoms with Gasteiger partial charge in [0.15, 0.2) is 0 Å². The second-order valence-electron chi connectivity index (χ2n) is 0.854. The maximum Gasteiger partial charge on any atom is 2.00 e. The summed E-state index contributed by atoms with van der Waals surface area (Å²) < 4.78 is 0. The van der Waals surface area contributed by atoms with Gasteiger partial charge in [0.25, 0.3) is 0 Å². The van der Waals surface area contributed by atoms with Gasteiger partial charge < -0.3 is 6.92 Å². The van der Waals surface area contributed by atoms with Crippen LogP contribution in [0.5, 0.6) is 0 Å². The Hall–Kier alpha value is 0.623. The van der Waals surface area contributed by atoms with Gasteiger partial charge in [0.2, 0.25) is 0 Å². The fourth-order valence-corrected chi connectivity index (χ4v) is 0. The van der Waals surface area contributed by atoms with Gasteiger partial charge in [-0.3, -0.25) is 0 Å². The molecule has 0 nitrogen and oxygen atoms in total. The minimum absolute atomic E-state index is 0. The summed E-state index contributed by atoms with van der Waals surface area (Å²) in [4.78, 5) is 0. The monoisotopic (exact) mass is 121 g/mol. The Kier molecular flexibility index (Phi) is 16.2. The first-order valence-corrected chi connectivity index (χ1v) is 1.71. The van der Waals surface area contributed by atoms with E-state index in [1.165, 1.54) is 6.42 Å². The number of unbranched alkanes of at least 4 members (excludes halogenated alkanes) is 1. The topological polar surface area (TPSA) is 0 Å². The first kappa shape index (κ1) is 9.16. The van der Waals surface area contributed by atoms with Gasteiger partial charge in [-0.2, -0.15) is 6.42 Å². The van der Waals surface area contributed by atoms with Crippen LogP contribution in [-0.4, -0.2) is 0 Å². The molecule has 0 rings (SSSR count). The van der Waals surface area contributed by atoms with Crippen molar-refractivity contribution in [3.63, 3.8) is 0 Å². The molecular formula is C4H9Zn+. The Balaban J connectivity index is 0. The van der Waals surface area contributed by atoms with Gasteiger partial charge in [-0.1, -0.05) is 13.3 Å². The summed E-state index contributed by atoms with van der Waals surface area (Å²) in [6.45, 7) is 5.72. The summed E-state index contributed by atoms with van der Waals surface area (Å²) in [7, 11) is 0. The molecule has 0 unspecified atom stereocenters. The molecule has 1 heteroatoms. The van der Waals surface area contributed by atoms with Crippen LogP contribution >= 0.6 is 0 Å². The largest absolute Gasteiger partial charge is 2.00 e. The third-order valence-electron chi connectivity index (χ3n) is 0.354. The molecule has 0 N–H and O–H groups in total. The Labute approximate surface area is 46.7 Å². The van der Waals surface area contributed by atoms with Crippen molar-refractivity contribution in [3.05, 3.63) is 6.92 Å². The molecule has 26 valence electrons. The van der Waals surface area contributed by atoms with Gasteiger partial charge >= 0.3 is 19.5 Å². The predicted octanol–water partition coefficient (Wildman–Crippen LogP) is 1.62. The van der Waals surface area contributed by atoms with Crippen molar-refractivity contribution in [1.82, 2.24) is 0 Å². The van der Waals surface area contributed by atoms with Crippen molar-refractivity contribution in [2.24, 2.45) is 0 Å². The third-order valence-corrected chi connectivity index (χ3v) is 0.354. The van der Waals surface area contributed by atoms with Crippen LogP contribution in [0.1, 0.15) is 19.8 Å². The van der Waals surface area contributed by atoms with Crippen molar-refractivity contribution in [3.8, 4) is 0 Å². The van der Waals surface area contributed by atoms with Gasteiger partial charge in [0, 0.05) is 0 Å². The van der Waals surface area contributed by atoms with Crippen molar-refractivity contribution < 1.29 is 19.5 Å². The smallest absolute Gasteiger partial charge is 0.343 e. The van der Waals surface area contributed by atoms with E-state index in [4.69, 9.17) is 0 Å². The van der Waals surface area contributed by atoms with Crippen molar-refractivity contribution in [2.45, 2.75) is 19.8 Å². The van der Waals surface area contributed by atoms with Crippen LogP contribution in [0.15, 0.2) is 0 Å². The number of hydrogen-bond donors (Lipinski definition) is 0. The molecule has 5 heavy (non-hydrogen) atoms. The molecule has 0 radical (unpaired) electrons. The van der Waals surface area contributed by atoms with E-state index >= 15 is 0 Å². The van der Waals surface area contributed by atoms with E-state index in [-0.39, 0.29) is 19.5 Å². The average molecular weight is 123 g/mol. The minimum Gasteiger partial charge on any atom is -0.343 e. The fourth-order valence-electron chi connectivity index (χ4n) is 0. The van der Waals surface area contributed by atoms with Gasteiger partial charge in [0.05, 0.1) is 0 Å². The van der Waals surface area contributed by atoms with E-state index in [2.05, 4.69) is 13.8 Å². The van der Waals surface area contributed by atoms with E-state index in [1.807, 2.05) is 0 Å². The molecule has 0 saturated carbocycles. The molecule has 0 amide bonds. The van der Waals surface area contributed by atoms with Crippen LogP contribution in [0.25, 0.3) is 0 Å². The number of hydrogen-bond acceptors (Lipinski definition) is 0. The van der Waals surface area contributed by atoms with Crippen LogP contribution < -0.4 is 0 Å². The van der Waals surface area contributed by atoms with Gasteiger partial charge in [0.1, 0.15) is 0 Å². The Bertz CT molecular complexity index is 5.61. The van der Waals surface area contributed by atoms with Gasteiger partial charge in [-0.05, 0) is 0 Å². The standard InChI is InChI=1S/C4H9.Zn/c1-3-4-2;/h1,3-4H2,2H3;/q-1;+2. The molecule has 0 fully saturated rings. The molecule has 0 saturated heterocycles. The normalized spacial score (nSPS) is 6.00. The summed E-state index contributed by atoms with van der Waals surface area (Å²) in [6.07, 6.45) is 2.28. The average Bonchev–Trinajstić information content (AvgIpc) is 1.37. The molecule has 0 heterocycles. The second-order valence-corrected chi connectivity index (χ2v) is 0.854. The molecule has 0 aromatic heterocycles. The number of rotatable bonds is 1. The van der Waals surface area contributed by atoms with Crippen LogP contribution in [0.2, 0.25) is 0 Å². The Morgan fingerprint density at radius 1 is 1.60 bits per heavy atom. The first-order chi connectivity index (χ1) is 1.91. The molecular weight excluding hydrogens is 113 g/mol. The summed E-state index contributed by atoms with van der Waals surface area (Å²) in [5, 5.41) is 0. The van der Waals surface area contributed by atoms with Crippen molar-refractivity contribution >= 4 is 0 Å². The van der Waals surface area contributed by atoms with Crippen molar-refractivity contribution in [2.75, 3.05) is 0 Å². The van der Waals surface area contributed by atoms with Crippen molar-refractivity contribution in [1.29, 1.82) is 0 Å². The molecule has 0 aliphatic carbocycles. The molecule has 0 bridgehead atoms. The first-order valence-electron chi connectivity index (χ1n) is 1.71. The zero-order valence-corrected chi connectivity index (χ0v) is 6.80. The third kappa shape index (κ3) is 12.1. The summed E-state index contributed by atoms with van der Waals surface area (Å²) in [6, 6.07) is 0. The Morgan fingerprint density at radius 3 is 1.80 bits per heavy atom. The Morgan fingerprint density at radius 2 is 1.80 bits per heavy atom. The van der Waals surface area contributed by atoms with Crippen LogP contribution in [0.3, 0.4) is 0 Å². The molecule has 0 atom stereocenters. The van der Waals surface area contributed by atoms with E-state index < -0.39 is 0 Å². The zero-order valence-electron chi connectivity index (χ0n) is 3.83. The molecule has 0 spiro atoms. The maximum absolute atomic E-state index is 3.60. The second kappa shape index (κ2) is 8.82. The summed E-state index contributed by atoms with van der Waals surface area (Å²) >= 11 is 0. The van der Waals surface area contributed by atoms with Crippen LogP contribution in [0.4, 0.5) is 0 Å². The quantitative estimate of drug-likeness (QED) is 0.366. The van der Waals surface area contributed by atoms with Crippen LogP contribution in [0, 0.1) is 6.92 Å². The fraction of sp³-hybridized carbons (Fsp3) is 0.750. The zero-order chi connectivity index (χ0) is 3.41. The predicted molar refractivity (Wildman–Crippen MR) is 20.3 cm³/mol. The van der Waals surface area contributed by atoms with Gasteiger partial charge in [-0.15, -0.1) is 0 Å². The van der Waals surface area contributed by atoms with E-state index in [0.29, 0.717) is 0 Å². The maximum atomic E-state index is 3.60. The molecule has 0 aliphatic heterocycles. The molecule has 0 aromatic carbocycles. The summed E-state index contributed by atoms with van der Waals surface area (Å²) in [5.74, 6) is 0. The summed E-state index contributed by atoms with van der Waals surface area (Å²) in [5.41, 5.74) is 0. The van der Waals surface area contributed by atoms with Gasteiger partial charge in [-0.25, -0.2) is 0 Å². The van der Waals surface area contributed by atoms with E-state index in [0.717, 1.165) is 6.42 Å². The molecule has 0 aromatic rings. The SMILES string of the molecule is [CH2-]CCC.[Zn+2]. The van der Waals surface area contributed by atoms with E-state index in [9.17, 15) is 0 Å². The van der Waals surface area contributed by atoms with E-state index in [1.54, 1.807) is 0 Å². The molecule has 0 aliphatic rings. The minimum atomic E-state index is 0.